The molecule has 1 aliphatic heterocycles. The van der Waals surface area contributed by atoms with Gasteiger partial charge in [0.05, 0.1) is 12.6 Å². The van der Waals surface area contributed by atoms with Crippen LogP contribution in [0.25, 0.3) is 0 Å². The normalized spacial score (nSPS) is 24.2. The highest BCUT2D eigenvalue weighted by molar-refractivity contribution is 5.80. The highest BCUT2D eigenvalue weighted by Gasteiger charge is 2.45. The maximum Gasteiger partial charge on any atom is 0.410 e. The Morgan fingerprint density at radius 3 is 2.50 bits per heavy atom. The van der Waals surface area contributed by atoms with Gasteiger partial charge in [-0.3, -0.25) is 4.79 Å². The fourth-order valence-corrected chi connectivity index (χ4v) is 1.85. The molecule has 6 heteroatoms. The topological polar surface area (TPSA) is 90.6 Å². The SMILES string of the molecule is CC(C)(C)OC(=O)N1CCC[C@](C#N)(C(=O)O)C1. The molecule has 1 atom stereocenters. The number of carbonyl (C=O) groups excluding carboxylic acids is 1. The van der Waals surface area contributed by atoms with Gasteiger partial charge in [-0.15, -0.1) is 0 Å². The molecule has 1 amide bonds. The highest BCUT2D eigenvalue weighted by atomic mass is 16.6. The van der Waals surface area contributed by atoms with Crippen molar-refractivity contribution in [2.24, 2.45) is 5.41 Å². The number of hydrogen-bond donors (Lipinski definition) is 1. The van der Waals surface area contributed by atoms with Crippen LogP contribution in [0.2, 0.25) is 0 Å². The van der Waals surface area contributed by atoms with Gasteiger partial charge in [0.25, 0.3) is 0 Å². The molecule has 0 aromatic carbocycles. The van der Waals surface area contributed by atoms with Crippen molar-refractivity contribution >= 4 is 12.1 Å². The Hall–Kier alpha value is -1.77. The molecule has 1 aliphatic rings. The number of amides is 1. The lowest BCUT2D eigenvalue weighted by molar-refractivity contribution is -0.147. The number of carboxylic acid groups (broad SMARTS) is 1. The van der Waals surface area contributed by atoms with E-state index in [4.69, 9.17) is 15.1 Å². The number of carbonyl (C=O) groups is 2. The molecule has 1 N–H and O–H groups in total. The van der Waals surface area contributed by atoms with Gasteiger partial charge in [0.1, 0.15) is 5.60 Å². The molecular weight excluding hydrogens is 236 g/mol. The lowest BCUT2D eigenvalue weighted by Gasteiger charge is -2.36. The predicted octanol–water partition coefficient (Wildman–Crippen LogP) is 1.61. The van der Waals surface area contributed by atoms with E-state index >= 15 is 0 Å². The van der Waals surface area contributed by atoms with Gasteiger partial charge in [-0.1, -0.05) is 0 Å². The minimum absolute atomic E-state index is 0.117. The second-order valence-corrected chi connectivity index (χ2v) is 5.50. The Morgan fingerprint density at radius 1 is 1.44 bits per heavy atom. The van der Waals surface area contributed by atoms with Crippen LogP contribution < -0.4 is 0 Å². The summed E-state index contributed by atoms with van der Waals surface area (Å²) in [6.07, 6.45) is 0.181. The smallest absolute Gasteiger partial charge is 0.410 e. The van der Waals surface area contributed by atoms with Gasteiger partial charge in [0, 0.05) is 6.54 Å². The second kappa shape index (κ2) is 4.84. The quantitative estimate of drug-likeness (QED) is 0.767. The number of likely N-dealkylation sites (tertiary alicyclic amines) is 1. The molecule has 0 unspecified atom stereocenters. The lowest BCUT2D eigenvalue weighted by atomic mass is 9.81. The third-order valence-electron chi connectivity index (χ3n) is 2.77. The van der Waals surface area contributed by atoms with E-state index in [1.54, 1.807) is 20.8 Å². The molecule has 0 aromatic rings. The van der Waals surface area contributed by atoms with E-state index in [9.17, 15) is 9.59 Å². The monoisotopic (exact) mass is 254 g/mol. The van der Waals surface area contributed by atoms with Crippen LogP contribution in [0.3, 0.4) is 0 Å². The summed E-state index contributed by atoms with van der Waals surface area (Å²) >= 11 is 0. The molecule has 0 aromatic heterocycles. The summed E-state index contributed by atoms with van der Waals surface area (Å²) in [5.74, 6) is -1.18. The van der Waals surface area contributed by atoms with Crippen molar-refractivity contribution in [1.82, 2.24) is 4.90 Å². The second-order valence-electron chi connectivity index (χ2n) is 5.50. The first-order valence-corrected chi connectivity index (χ1v) is 5.83. The zero-order valence-corrected chi connectivity index (χ0v) is 10.9. The Kier molecular flexibility index (Phi) is 3.85. The highest BCUT2D eigenvalue weighted by Crippen LogP contribution is 2.30. The summed E-state index contributed by atoms with van der Waals surface area (Å²) in [5, 5.41) is 18.2. The van der Waals surface area contributed by atoms with Gasteiger partial charge < -0.3 is 14.7 Å². The number of nitrogens with zero attached hydrogens (tertiary/aromatic N) is 2. The maximum absolute atomic E-state index is 11.8. The first-order valence-electron chi connectivity index (χ1n) is 5.83. The number of piperidine rings is 1. The van der Waals surface area contributed by atoms with Crippen LogP contribution in [-0.2, 0) is 9.53 Å². The van der Waals surface area contributed by atoms with Crippen molar-refractivity contribution in [2.45, 2.75) is 39.2 Å². The molecule has 0 radical (unpaired) electrons. The van der Waals surface area contributed by atoms with Crippen molar-refractivity contribution in [1.29, 1.82) is 5.26 Å². The molecule has 0 saturated carbocycles. The van der Waals surface area contributed by atoms with Gasteiger partial charge >= 0.3 is 12.1 Å². The molecule has 18 heavy (non-hydrogen) atoms. The summed E-state index contributed by atoms with van der Waals surface area (Å²) in [4.78, 5) is 24.3. The van der Waals surface area contributed by atoms with Crippen LogP contribution in [-0.4, -0.2) is 40.8 Å². The molecule has 0 bridgehead atoms. The zero-order valence-electron chi connectivity index (χ0n) is 10.9. The largest absolute Gasteiger partial charge is 0.480 e. The van der Waals surface area contributed by atoms with Crippen molar-refractivity contribution in [3.63, 3.8) is 0 Å². The Bertz CT molecular complexity index is 394. The van der Waals surface area contributed by atoms with Crippen LogP contribution in [0.15, 0.2) is 0 Å². The fraction of sp³-hybridized carbons (Fsp3) is 0.750. The predicted molar refractivity (Wildman–Crippen MR) is 62.7 cm³/mol. The number of nitriles is 1. The Morgan fingerprint density at radius 2 is 2.06 bits per heavy atom. The average Bonchev–Trinajstić information content (AvgIpc) is 2.26. The minimum atomic E-state index is -1.50. The fourth-order valence-electron chi connectivity index (χ4n) is 1.85. The van der Waals surface area contributed by atoms with Crippen molar-refractivity contribution in [2.75, 3.05) is 13.1 Å². The maximum atomic E-state index is 11.8. The number of carboxylic acids is 1. The van der Waals surface area contributed by atoms with Gasteiger partial charge in [-0.2, -0.15) is 5.26 Å². The Labute approximate surface area is 106 Å². The Balaban J connectivity index is 2.79. The van der Waals surface area contributed by atoms with Crippen LogP contribution >= 0.6 is 0 Å². The molecule has 1 saturated heterocycles. The summed E-state index contributed by atoms with van der Waals surface area (Å²) in [5.41, 5.74) is -2.14. The van der Waals surface area contributed by atoms with Gasteiger partial charge in [-0.05, 0) is 33.6 Å². The van der Waals surface area contributed by atoms with Crippen molar-refractivity contribution in [3.05, 3.63) is 0 Å². The summed E-state index contributed by atoms with van der Waals surface area (Å²) in [6.45, 7) is 5.52. The minimum Gasteiger partial charge on any atom is -0.480 e. The third-order valence-corrected chi connectivity index (χ3v) is 2.77. The van der Waals surface area contributed by atoms with Crippen LogP contribution in [0, 0.1) is 16.7 Å². The molecule has 1 fully saturated rings. The first-order chi connectivity index (χ1) is 8.20. The van der Waals surface area contributed by atoms with Crippen molar-refractivity contribution in [3.8, 4) is 6.07 Å². The number of hydrogen-bond acceptors (Lipinski definition) is 4. The average molecular weight is 254 g/mol. The molecule has 1 heterocycles. The van der Waals surface area contributed by atoms with E-state index in [-0.39, 0.29) is 13.0 Å². The molecule has 1 rings (SSSR count). The van der Waals surface area contributed by atoms with Crippen molar-refractivity contribution < 1.29 is 19.4 Å². The summed E-state index contributed by atoms with van der Waals surface area (Å²) in [6, 6.07) is 1.82. The third kappa shape index (κ3) is 3.13. The molecular formula is C12H18N2O4. The molecule has 0 spiro atoms. The summed E-state index contributed by atoms with van der Waals surface area (Å²) < 4.78 is 5.18. The zero-order chi connectivity index (χ0) is 14.0. The van der Waals surface area contributed by atoms with E-state index in [2.05, 4.69) is 0 Å². The van der Waals surface area contributed by atoms with Crippen LogP contribution in [0.5, 0.6) is 0 Å². The molecule has 0 aliphatic carbocycles. The number of ether oxygens (including phenoxy) is 1. The molecule has 100 valence electrons. The number of aliphatic carboxylic acids is 1. The summed E-state index contributed by atoms with van der Waals surface area (Å²) in [7, 11) is 0. The van der Waals surface area contributed by atoms with Crippen LogP contribution in [0.4, 0.5) is 4.79 Å². The van der Waals surface area contributed by atoms with Gasteiger partial charge in [-0.25, -0.2) is 4.79 Å². The first kappa shape index (κ1) is 14.3. The van der Waals surface area contributed by atoms with E-state index < -0.39 is 23.1 Å². The van der Waals surface area contributed by atoms with E-state index in [1.807, 2.05) is 6.07 Å². The standard InChI is InChI=1S/C12H18N2O4/c1-11(2,3)18-10(17)14-6-4-5-12(7-13,8-14)9(15)16/h4-6,8H2,1-3H3,(H,15,16)/t12-/m1/s1. The van der Waals surface area contributed by atoms with E-state index in [0.29, 0.717) is 13.0 Å². The lowest BCUT2D eigenvalue weighted by Crippen LogP contribution is -2.50. The van der Waals surface area contributed by atoms with Gasteiger partial charge in [0.15, 0.2) is 5.41 Å². The number of rotatable bonds is 1. The van der Waals surface area contributed by atoms with Gasteiger partial charge in [0.2, 0.25) is 0 Å². The molecule has 6 nitrogen and oxygen atoms in total. The van der Waals surface area contributed by atoms with E-state index in [0.717, 1.165) is 0 Å². The van der Waals surface area contributed by atoms with Crippen LogP contribution in [0.1, 0.15) is 33.6 Å². The van der Waals surface area contributed by atoms with E-state index in [1.165, 1.54) is 4.90 Å².